The third-order valence-electron chi connectivity index (χ3n) is 1.10. The fourth-order valence-corrected chi connectivity index (χ4v) is 1.47. The predicted octanol–water partition coefficient (Wildman–Crippen LogP) is 0.611. The fourth-order valence-electron chi connectivity index (χ4n) is 0.609. The van der Waals surface area contributed by atoms with Gasteiger partial charge in [0.1, 0.15) is 5.00 Å². The molecule has 0 aliphatic rings. The van der Waals surface area contributed by atoms with E-state index in [1.807, 2.05) is 0 Å². The van der Waals surface area contributed by atoms with Gasteiger partial charge < -0.3 is 0 Å². The zero-order chi connectivity index (χ0) is 9.84. The van der Waals surface area contributed by atoms with Crippen LogP contribution in [0.1, 0.15) is 0 Å². The molecule has 0 spiro atoms. The maximum absolute atomic E-state index is 10.9. The lowest BCUT2D eigenvalue weighted by atomic mass is 10.6. The molecule has 0 bridgehead atoms. The van der Waals surface area contributed by atoms with Gasteiger partial charge in [0.25, 0.3) is 0 Å². The minimum absolute atomic E-state index is 0.430. The second kappa shape index (κ2) is 4.12. The van der Waals surface area contributed by atoms with Gasteiger partial charge in [-0.15, -0.1) is 11.3 Å². The average molecular weight is 219 g/mol. The lowest BCUT2D eigenvalue weighted by Gasteiger charge is -2.08. The van der Waals surface area contributed by atoms with E-state index < -0.39 is 16.5 Å². The lowest BCUT2D eigenvalue weighted by Crippen LogP contribution is -2.34. The Labute approximate surface area is 79.3 Å². The fraction of sp³-hybridized carbons (Fsp3) is 0. The van der Waals surface area contributed by atoms with Gasteiger partial charge in [-0.05, 0) is 17.5 Å². The molecule has 1 aromatic heterocycles. The molecule has 0 aromatic carbocycles. The Morgan fingerprint density at radius 3 is 2.77 bits per heavy atom. The van der Waals surface area contributed by atoms with E-state index in [0.29, 0.717) is 10.0 Å². The van der Waals surface area contributed by atoms with E-state index in [2.05, 4.69) is 4.36 Å². The molecule has 6 nitrogen and oxygen atoms in total. The Bertz CT molecular complexity index is 414. The van der Waals surface area contributed by atoms with Crippen molar-refractivity contribution in [2.75, 3.05) is 5.01 Å². The Morgan fingerprint density at radius 2 is 2.31 bits per heavy atom. The van der Waals surface area contributed by atoms with Crippen LogP contribution in [-0.4, -0.2) is 14.4 Å². The largest absolute Gasteiger partial charge is 0.378 e. The van der Waals surface area contributed by atoms with Gasteiger partial charge in [-0.3, -0.25) is 0 Å². The zero-order valence-corrected chi connectivity index (χ0v) is 7.88. The number of carbonyl (C=O) groups excluding carboxylic acids is 1. The third kappa shape index (κ3) is 2.61. The number of amides is 2. The molecular formula is C5H5N3O3S2. The van der Waals surface area contributed by atoms with Crippen molar-refractivity contribution in [1.29, 1.82) is 0 Å². The van der Waals surface area contributed by atoms with Crippen LogP contribution >= 0.6 is 11.3 Å². The lowest BCUT2D eigenvalue weighted by molar-refractivity contribution is 0.255. The molecule has 70 valence electrons. The van der Waals surface area contributed by atoms with Crippen LogP contribution in [0.4, 0.5) is 9.80 Å². The van der Waals surface area contributed by atoms with Crippen molar-refractivity contribution in [3.63, 3.8) is 0 Å². The summed E-state index contributed by atoms with van der Waals surface area (Å²) < 4.78 is 22.8. The molecule has 0 fully saturated rings. The number of thiophene rings is 1. The zero-order valence-electron chi connectivity index (χ0n) is 6.25. The van der Waals surface area contributed by atoms with Gasteiger partial charge in [0, 0.05) is 0 Å². The summed E-state index contributed by atoms with van der Waals surface area (Å²) >= 11 is 1.21. The highest BCUT2D eigenvalue weighted by atomic mass is 32.2. The maximum Gasteiger partial charge on any atom is 0.378 e. The van der Waals surface area contributed by atoms with Crippen LogP contribution in [0, 0.1) is 0 Å². The van der Waals surface area contributed by atoms with E-state index in [9.17, 15) is 13.2 Å². The van der Waals surface area contributed by atoms with E-state index in [1.54, 1.807) is 17.5 Å². The van der Waals surface area contributed by atoms with Crippen LogP contribution in [0.25, 0.3) is 0 Å². The third-order valence-corrected chi connectivity index (χ3v) is 2.28. The molecule has 8 heteroatoms. The van der Waals surface area contributed by atoms with Gasteiger partial charge in [-0.2, -0.15) is 8.42 Å². The smallest absolute Gasteiger partial charge is 0.243 e. The molecule has 0 saturated carbocycles. The number of nitrogens with two attached hydrogens (primary N) is 1. The number of urea groups is 1. The molecular weight excluding hydrogens is 214 g/mol. The van der Waals surface area contributed by atoms with Crippen molar-refractivity contribution in [3.05, 3.63) is 17.5 Å². The van der Waals surface area contributed by atoms with E-state index in [-0.39, 0.29) is 0 Å². The summed E-state index contributed by atoms with van der Waals surface area (Å²) in [5.74, 6) is 5.26. The Morgan fingerprint density at radius 1 is 1.62 bits per heavy atom. The summed E-state index contributed by atoms with van der Waals surface area (Å²) in [6.07, 6.45) is 0. The second-order valence-electron chi connectivity index (χ2n) is 1.91. The Balaban J connectivity index is 2.86. The molecule has 0 aliphatic heterocycles. The summed E-state index contributed by atoms with van der Waals surface area (Å²) in [4.78, 5) is 10.9. The average Bonchev–Trinajstić information content (AvgIpc) is 2.53. The predicted molar refractivity (Wildman–Crippen MR) is 47.7 cm³/mol. The Hall–Kier alpha value is -1.25. The molecule has 1 rings (SSSR count). The highest BCUT2D eigenvalue weighted by Gasteiger charge is 2.11. The van der Waals surface area contributed by atoms with E-state index >= 15 is 0 Å². The monoisotopic (exact) mass is 219 g/mol. The topological polar surface area (TPSA) is 92.8 Å². The molecule has 1 aromatic rings. The van der Waals surface area contributed by atoms with Crippen LogP contribution in [0.3, 0.4) is 0 Å². The standard InChI is InChI=1S/C5H5N3O3S2/c6-8(4-2-1-3-12-4)5(9)7-13(10)11/h1-3H,6H2. The molecule has 0 atom stereocenters. The minimum Gasteiger partial charge on any atom is -0.243 e. The van der Waals surface area contributed by atoms with Gasteiger partial charge in [0.15, 0.2) is 0 Å². The SMILES string of the molecule is NN(C(=O)N=S(=O)=O)c1cccs1. The number of hydrazine groups is 1. The molecule has 2 amide bonds. The quantitative estimate of drug-likeness (QED) is 0.425. The number of rotatable bonds is 1. The highest BCUT2D eigenvalue weighted by Crippen LogP contribution is 2.18. The van der Waals surface area contributed by atoms with E-state index in [0.717, 1.165) is 0 Å². The number of hydrogen-bond donors (Lipinski definition) is 1. The highest BCUT2D eigenvalue weighted by molar-refractivity contribution is 7.62. The molecule has 0 saturated heterocycles. The first-order valence-electron chi connectivity index (χ1n) is 3.04. The summed E-state index contributed by atoms with van der Waals surface area (Å²) in [7, 11) is -2.77. The minimum atomic E-state index is -2.77. The molecule has 0 unspecified atom stereocenters. The van der Waals surface area contributed by atoms with E-state index in [1.165, 1.54) is 11.3 Å². The molecule has 0 radical (unpaired) electrons. The van der Waals surface area contributed by atoms with Gasteiger partial charge in [0.2, 0.25) is 0 Å². The number of anilines is 1. The van der Waals surface area contributed by atoms with Gasteiger partial charge in [0.05, 0.1) is 0 Å². The first-order valence-corrected chi connectivity index (χ1v) is 4.96. The first kappa shape index (κ1) is 9.84. The van der Waals surface area contributed by atoms with Crippen LogP contribution in [0.15, 0.2) is 21.9 Å². The Kier molecular flexibility index (Phi) is 3.12. The van der Waals surface area contributed by atoms with Crippen LogP contribution in [0.2, 0.25) is 0 Å². The summed E-state index contributed by atoms with van der Waals surface area (Å²) in [6.45, 7) is 0. The normalized spacial score (nSPS) is 9.31. The molecule has 13 heavy (non-hydrogen) atoms. The van der Waals surface area contributed by atoms with E-state index in [4.69, 9.17) is 5.84 Å². The van der Waals surface area contributed by atoms with Crippen LogP contribution in [0.5, 0.6) is 0 Å². The number of carbonyl (C=O) groups is 1. The summed E-state index contributed by atoms with van der Waals surface area (Å²) in [5.41, 5.74) is 0. The van der Waals surface area contributed by atoms with Gasteiger partial charge in [-0.1, -0.05) is 4.36 Å². The van der Waals surface area contributed by atoms with Gasteiger partial charge >= 0.3 is 16.5 Å². The second-order valence-corrected chi connectivity index (χ2v) is 3.46. The molecule has 0 aliphatic carbocycles. The van der Waals surface area contributed by atoms with Crippen LogP contribution < -0.4 is 10.9 Å². The van der Waals surface area contributed by atoms with Crippen molar-refractivity contribution >= 4 is 32.9 Å². The van der Waals surface area contributed by atoms with Crippen LogP contribution in [-0.2, 0) is 10.5 Å². The maximum atomic E-state index is 10.9. The van der Waals surface area contributed by atoms with Crippen molar-refractivity contribution in [1.82, 2.24) is 0 Å². The van der Waals surface area contributed by atoms with Crippen molar-refractivity contribution in [3.8, 4) is 0 Å². The van der Waals surface area contributed by atoms with Crippen molar-refractivity contribution in [2.45, 2.75) is 0 Å². The number of nitrogens with zero attached hydrogens (tertiary/aromatic N) is 2. The number of hydrogen-bond acceptors (Lipinski definition) is 5. The molecule has 1 heterocycles. The van der Waals surface area contributed by atoms with Gasteiger partial charge in [-0.25, -0.2) is 15.6 Å². The van der Waals surface area contributed by atoms with Crippen molar-refractivity contribution < 1.29 is 13.2 Å². The first-order chi connectivity index (χ1) is 6.11. The summed E-state index contributed by atoms with van der Waals surface area (Å²) in [5, 5.41) is 2.80. The summed E-state index contributed by atoms with van der Waals surface area (Å²) in [6, 6.07) is 2.24. The van der Waals surface area contributed by atoms with Crippen molar-refractivity contribution in [2.24, 2.45) is 10.2 Å². The molecule has 2 N–H and O–H groups in total.